The number of carbonyl (C=O) groups is 2. The van der Waals surface area contributed by atoms with E-state index < -0.39 is 11.4 Å². The number of ketones is 1. The van der Waals surface area contributed by atoms with Crippen molar-refractivity contribution in [2.75, 3.05) is 7.11 Å². The van der Waals surface area contributed by atoms with Gasteiger partial charge in [0.2, 0.25) is 0 Å². The molecular formula is C15H16O3. The van der Waals surface area contributed by atoms with Crippen LogP contribution >= 0.6 is 0 Å². The van der Waals surface area contributed by atoms with Gasteiger partial charge in [-0.3, -0.25) is 9.59 Å². The fourth-order valence-electron chi connectivity index (χ4n) is 2.48. The number of carbonyl (C=O) groups excluding carboxylic acids is 2. The number of ether oxygens (including phenoxy) is 1. The van der Waals surface area contributed by atoms with Gasteiger partial charge in [0.1, 0.15) is 5.41 Å². The minimum atomic E-state index is -1.04. The zero-order chi connectivity index (χ0) is 13.3. The molecule has 0 bridgehead atoms. The molecule has 94 valence electrons. The molecule has 0 N–H and O–H groups in total. The van der Waals surface area contributed by atoms with Crippen LogP contribution in [0.3, 0.4) is 0 Å². The lowest BCUT2D eigenvalue weighted by Crippen LogP contribution is -2.29. The molecule has 0 heterocycles. The van der Waals surface area contributed by atoms with Gasteiger partial charge >= 0.3 is 5.97 Å². The minimum Gasteiger partial charge on any atom is -0.468 e. The molecule has 2 unspecified atom stereocenters. The molecule has 0 amide bonds. The summed E-state index contributed by atoms with van der Waals surface area (Å²) in [4.78, 5) is 24.2. The van der Waals surface area contributed by atoms with Crippen molar-refractivity contribution < 1.29 is 14.3 Å². The van der Waals surface area contributed by atoms with Gasteiger partial charge in [0, 0.05) is 5.92 Å². The van der Waals surface area contributed by atoms with Gasteiger partial charge in [0.15, 0.2) is 5.78 Å². The van der Waals surface area contributed by atoms with Crippen LogP contribution in [0.4, 0.5) is 0 Å². The van der Waals surface area contributed by atoms with Crippen LogP contribution in [0.1, 0.15) is 24.8 Å². The number of hydrogen-bond donors (Lipinski definition) is 0. The molecule has 0 aromatic heterocycles. The number of esters is 1. The van der Waals surface area contributed by atoms with Crippen molar-refractivity contribution in [1.29, 1.82) is 0 Å². The maximum absolute atomic E-state index is 12.2. The summed E-state index contributed by atoms with van der Waals surface area (Å²) < 4.78 is 4.80. The third-order valence-corrected chi connectivity index (χ3v) is 3.51. The number of allylic oxidation sites excluding steroid dienone is 1. The fraction of sp³-hybridized carbons (Fsp3) is 0.333. The number of Topliss-reactive ketones (excluding diaryl/α,β-unsaturated/α-hetero) is 1. The van der Waals surface area contributed by atoms with Gasteiger partial charge in [-0.25, -0.2) is 0 Å². The molecule has 0 spiro atoms. The van der Waals surface area contributed by atoms with Crippen LogP contribution in [0.25, 0.3) is 0 Å². The predicted molar refractivity (Wildman–Crippen MR) is 68.1 cm³/mol. The highest BCUT2D eigenvalue weighted by molar-refractivity contribution is 6.15. The molecule has 1 aromatic rings. The van der Waals surface area contributed by atoms with E-state index in [1.165, 1.54) is 7.11 Å². The van der Waals surface area contributed by atoms with E-state index in [1.54, 1.807) is 6.92 Å². The van der Waals surface area contributed by atoms with E-state index in [1.807, 2.05) is 30.3 Å². The van der Waals surface area contributed by atoms with Gasteiger partial charge in [-0.15, -0.1) is 0 Å². The van der Waals surface area contributed by atoms with Crippen molar-refractivity contribution >= 4 is 11.8 Å². The lowest BCUT2D eigenvalue weighted by atomic mass is 9.91. The molecule has 1 saturated carbocycles. The van der Waals surface area contributed by atoms with Crippen LogP contribution in [0.2, 0.25) is 0 Å². The smallest absolute Gasteiger partial charge is 0.320 e. The van der Waals surface area contributed by atoms with Crippen molar-refractivity contribution in [2.45, 2.75) is 19.3 Å². The Morgan fingerprint density at radius 3 is 2.44 bits per heavy atom. The Labute approximate surface area is 106 Å². The van der Waals surface area contributed by atoms with Crippen molar-refractivity contribution in [1.82, 2.24) is 0 Å². The molecule has 2 rings (SSSR count). The third-order valence-electron chi connectivity index (χ3n) is 3.51. The van der Waals surface area contributed by atoms with E-state index in [9.17, 15) is 9.59 Å². The summed E-state index contributed by atoms with van der Waals surface area (Å²) in [7, 11) is 1.32. The van der Waals surface area contributed by atoms with Gasteiger partial charge < -0.3 is 4.74 Å². The molecule has 1 aliphatic rings. The fourth-order valence-corrected chi connectivity index (χ4v) is 2.48. The van der Waals surface area contributed by atoms with Gasteiger partial charge in [-0.05, 0) is 24.5 Å². The maximum atomic E-state index is 12.2. The Kier molecular flexibility index (Phi) is 3.07. The SMILES string of the molecule is C=C(C)C(=O)C1(C(=O)OC)CC1c1ccccc1. The maximum Gasteiger partial charge on any atom is 0.320 e. The Bertz CT molecular complexity index is 504. The molecule has 0 radical (unpaired) electrons. The van der Waals surface area contributed by atoms with Gasteiger partial charge in [-0.1, -0.05) is 36.9 Å². The number of methoxy groups -OCH3 is 1. The zero-order valence-electron chi connectivity index (χ0n) is 10.6. The summed E-state index contributed by atoms with van der Waals surface area (Å²) in [5, 5.41) is 0. The monoisotopic (exact) mass is 244 g/mol. The molecule has 0 saturated heterocycles. The molecule has 3 nitrogen and oxygen atoms in total. The van der Waals surface area contributed by atoms with Crippen LogP contribution < -0.4 is 0 Å². The molecule has 1 aromatic carbocycles. The molecule has 0 aliphatic heterocycles. The summed E-state index contributed by atoms with van der Waals surface area (Å²) in [5.41, 5.74) is 0.360. The first-order valence-corrected chi connectivity index (χ1v) is 5.87. The summed E-state index contributed by atoms with van der Waals surface area (Å²) in [6.45, 7) is 5.28. The Morgan fingerprint density at radius 1 is 1.33 bits per heavy atom. The summed E-state index contributed by atoms with van der Waals surface area (Å²) >= 11 is 0. The highest BCUT2D eigenvalue weighted by Crippen LogP contribution is 2.61. The molecule has 1 fully saturated rings. The van der Waals surface area contributed by atoms with Gasteiger partial charge in [0.25, 0.3) is 0 Å². The number of benzene rings is 1. The average Bonchev–Trinajstić information content (AvgIpc) is 3.14. The second-order valence-electron chi connectivity index (χ2n) is 4.74. The van der Waals surface area contributed by atoms with Crippen LogP contribution in [0, 0.1) is 5.41 Å². The average molecular weight is 244 g/mol. The standard InChI is InChI=1S/C15H16O3/c1-10(2)13(16)15(14(17)18-3)9-12(15)11-7-5-4-6-8-11/h4-8,12H,1,9H2,2-3H3. The molecule has 2 atom stereocenters. The van der Waals surface area contributed by atoms with Gasteiger partial charge in [-0.2, -0.15) is 0 Å². The van der Waals surface area contributed by atoms with Crippen LogP contribution in [0.5, 0.6) is 0 Å². The Hall–Kier alpha value is -1.90. The van der Waals surface area contributed by atoms with E-state index in [0.29, 0.717) is 12.0 Å². The van der Waals surface area contributed by atoms with E-state index in [0.717, 1.165) is 5.56 Å². The van der Waals surface area contributed by atoms with E-state index in [-0.39, 0.29) is 11.7 Å². The molecule has 1 aliphatic carbocycles. The second kappa shape index (κ2) is 4.41. The topological polar surface area (TPSA) is 43.4 Å². The van der Waals surface area contributed by atoms with Crippen LogP contribution in [-0.4, -0.2) is 18.9 Å². The summed E-state index contributed by atoms with van der Waals surface area (Å²) in [6.07, 6.45) is 0.509. The molecule has 18 heavy (non-hydrogen) atoms. The normalized spacial score (nSPS) is 25.3. The second-order valence-corrected chi connectivity index (χ2v) is 4.74. The van der Waals surface area contributed by atoms with Crippen molar-refractivity contribution in [3.63, 3.8) is 0 Å². The third kappa shape index (κ3) is 1.76. The van der Waals surface area contributed by atoms with E-state index >= 15 is 0 Å². The summed E-state index contributed by atoms with van der Waals surface area (Å²) in [5.74, 6) is -0.747. The van der Waals surface area contributed by atoms with Crippen molar-refractivity contribution in [3.8, 4) is 0 Å². The first kappa shape index (κ1) is 12.6. The lowest BCUT2D eigenvalue weighted by Gasteiger charge is -2.13. The van der Waals surface area contributed by atoms with Crippen molar-refractivity contribution in [2.24, 2.45) is 5.41 Å². The van der Waals surface area contributed by atoms with Crippen molar-refractivity contribution in [3.05, 3.63) is 48.0 Å². The Morgan fingerprint density at radius 2 is 1.94 bits per heavy atom. The first-order valence-electron chi connectivity index (χ1n) is 5.87. The largest absolute Gasteiger partial charge is 0.468 e. The van der Waals surface area contributed by atoms with E-state index in [4.69, 9.17) is 4.74 Å². The molecule has 3 heteroatoms. The highest BCUT2D eigenvalue weighted by atomic mass is 16.5. The number of rotatable bonds is 4. The van der Waals surface area contributed by atoms with E-state index in [2.05, 4.69) is 6.58 Å². The van der Waals surface area contributed by atoms with Gasteiger partial charge in [0.05, 0.1) is 7.11 Å². The quantitative estimate of drug-likeness (QED) is 0.464. The first-order chi connectivity index (χ1) is 8.54. The number of hydrogen-bond acceptors (Lipinski definition) is 3. The van der Waals surface area contributed by atoms with Crippen LogP contribution in [-0.2, 0) is 14.3 Å². The zero-order valence-corrected chi connectivity index (χ0v) is 10.6. The predicted octanol–water partition coefficient (Wildman–Crippen LogP) is 2.48. The Balaban J connectivity index is 2.35. The summed E-state index contributed by atoms with van der Waals surface area (Å²) in [6, 6.07) is 9.58. The lowest BCUT2D eigenvalue weighted by molar-refractivity contribution is -0.150. The molecular weight excluding hydrogens is 228 g/mol. The van der Waals surface area contributed by atoms with Crippen LogP contribution in [0.15, 0.2) is 42.5 Å². The minimum absolute atomic E-state index is 0.0876. The highest BCUT2D eigenvalue weighted by Gasteiger charge is 2.66.